The third kappa shape index (κ3) is 3.52. The van der Waals surface area contributed by atoms with Gasteiger partial charge in [-0.3, -0.25) is 4.79 Å². The summed E-state index contributed by atoms with van der Waals surface area (Å²) in [5.41, 5.74) is 1.71. The van der Waals surface area contributed by atoms with Crippen LogP contribution in [-0.2, 0) is 13.0 Å². The van der Waals surface area contributed by atoms with Crippen LogP contribution in [0.2, 0.25) is 0 Å². The normalized spacial score (nSPS) is 10.7. The van der Waals surface area contributed by atoms with E-state index in [0.717, 1.165) is 11.1 Å². The highest BCUT2D eigenvalue weighted by molar-refractivity contribution is 5.96. The Morgan fingerprint density at radius 3 is 2.50 bits per heavy atom. The lowest BCUT2D eigenvalue weighted by atomic mass is 10.1. The predicted octanol–water partition coefficient (Wildman–Crippen LogP) is 2.26. The molecule has 24 heavy (non-hydrogen) atoms. The molecule has 0 bridgehead atoms. The Balaban J connectivity index is 1.66. The fourth-order valence-corrected chi connectivity index (χ4v) is 2.45. The molecule has 1 amide bonds. The summed E-state index contributed by atoms with van der Waals surface area (Å²) in [4.78, 5) is 24.1. The van der Waals surface area contributed by atoms with Crippen LogP contribution in [0.3, 0.4) is 0 Å². The summed E-state index contributed by atoms with van der Waals surface area (Å²) < 4.78 is 5.16. The standard InChI is InChI=1S/C19H17NO4/c21-12-14-7-5-13(6-8-14)9-10-20-18(22)16-11-15-3-1-2-4-17(15)24-19(16)23/h1-8,11,21H,9-10,12H2,(H,20,22). The lowest BCUT2D eigenvalue weighted by molar-refractivity contribution is 0.0950. The molecule has 0 saturated carbocycles. The zero-order valence-electron chi connectivity index (χ0n) is 13.0. The smallest absolute Gasteiger partial charge is 0.349 e. The van der Waals surface area contributed by atoms with Crippen molar-refractivity contribution in [1.82, 2.24) is 5.32 Å². The SMILES string of the molecule is O=C(NCCc1ccc(CO)cc1)c1cc2ccccc2oc1=O. The Morgan fingerprint density at radius 1 is 1.04 bits per heavy atom. The molecule has 2 aromatic carbocycles. The molecule has 0 unspecified atom stereocenters. The van der Waals surface area contributed by atoms with E-state index in [-0.39, 0.29) is 12.2 Å². The molecule has 0 radical (unpaired) electrons. The highest BCUT2D eigenvalue weighted by atomic mass is 16.4. The maximum atomic E-state index is 12.2. The number of benzene rings is 2. The van der Waals surface area contributed by atoms with Crippen molar-refractivity contribution in [2.75, 3.05) is 6.54 Å². The second-order valence-electron chi connectivity index (χ2n) is 5.47. The van der Waals surface area contributed by atoms with Gasteiger partial charge < -0.3 is 14.8 Å². The van der Waals surface area contributed by atoms with Gasteiger partial charge in [-0.25, -0.2) is 4.79 Å². The van der Waals surface area contributed by atoms with Gasteiger partial charge in [-0.15, -0.1) is 0 Å². The van der Waals surface area contributed by atoms with E-state index in [1.807, 2.05) is 30.3 Å². The van der Waals surface area contributed by atoms with Crippen LogP contribution in [0.15, 0.2) is 63.8 Å². The number of carbonyl (C=O) groups is 1. The van der Waals surface area contributed by atoms with Crippen LogP contribution < -0.4 is 10.9 Å². The van der Waals surface area contributed by atoms with Crippen LogP contribution in [-0.4, -0.2) is 17.6 Å². The average molecular weight is 323 g/mol. The van der Waals surface area contributed by atoms with Gasteiger partial charge in [0.15, 0.2) is 0 Å². The van der Waals surface area contributed by atoms with Gasteiger partial charge in [-0.1, -0.05) is 42.5 Å². The van der Waals surface area contributed by atoms with E-state index in [4.69, 9.17) is 9.52 Å². The maximum absolute atomic E-state index is 12.2. The number of amides is 1. The molecule has 122 valence electrons. The number of aliphatic hydroxyl groups excluding tert-OH is 1. The van der Waals surface area contributed by atoms with Crippen molar-refractivity contribution in [2.45, 2.75) is 13.0 Å². The summed E-state index contributed by atoms with van der Waals surface area (Å²) >= 11 is 0. The summed E-state index contributed by atoms with van der Waals surface area (Å²) in [6.07, 6.45) is 0.635. The minimum atomic E-state index is -0.640. The Labute approximate surface area is 138 Å². The zero-order valence-corrected chi connectivity index (χ0v) is 13.0. The fraction of sp³-hybridized carbons (Fsp3) is 0.158. The third-order valence-electron chi connectivity index (χ3n) is 3.79. The van der Waals surface area contributed by atoms with Crippen LogP contribution in [0.25, 0.3) is 11.0 Å². The van der Waals surface area contributed by atoms with Gasteiger partial charge in [0.25, 0.3) is 5.91 Å². The van der Waals surface area contributed by atoms with Crippen molar-refractivity contribution in [1.29, 1.82) is 0 Å². The number of fused-ring (bicyclic) bond motifs is 1. The van der Waals surface area contributed by atoms with Crippen LogP contribution in [0.4, 0.5) is 0 Å². The van der Waals surface area contributed by atoms with E-state index in [0.29, 0.717) is 23.9 Å². The molecule has 0 atom stereocenters. The van der Waals surface area contributed by atoms with E-state index >= 15 is 0 Å². The maximum Gasteiger partial charge on any atom is 0.349 e. The highest BCUT2D eigenvalue weighted by Gasteiger charge is 2.13. The molecule has 1 heterocycles. The molecule has 3 rings (SSSR count). The number of hydrogen-bond acceptors (Lipinski definition) is 4. The van der Waals surface area contributed by atoms with Crippen molar-refractivity contribution in [3.63, 3.8) is 0 Å². The van der Waals surface area contributed by atoms with E-state index in [2.05, 4.69) is 5.32 Å². The molecule has 0 fully saturated rings. The van der Waals surface area contributed by atoms with E-state index in [1.165, 1.54) is 0 Å². The lowest BCUT2D eigenvalue weighted by Gasteiger charge is -2.06. The predicted molar refractivity (Wildman–Crippen MR) is 90.9 cm³/mol. The monoisotopic (exact) mass is 323 g/mol. The summed E-state index contributed by atoms with van der Waals surface area (Å²) in [6.45, 7) is 0.415. The number of hydrogen-bond donors (Lipinski definition) is 2. The molecule has 5 heteroatoms. The van der Waals surface area contributed by atoms with Gasteiger partial charge in [-0.05, 0) is 29.7 Å². The van der Waals surface area contributed by atoms with Gasteiger partial charge in [-0.2, -0.15) is 0 Å². The van der Waals surface area contributed by atoms with Crippen molar-refractivity contribution in [3.05, 3.63) is 81.7 Å². The minimum Gasteiger partial charge on any atom is -0.422 e. The molecular formula is C19H17NO4. The van der Waals surface area contributed by atoms with Crippen molar-refractivity contribution < 1.29 is 14.3 Å². The number of para-hydroxylation sites is 1. The van der Waals surface area contributed by atoms with Crippen LogP contribution in [0.5, 0.6) is 0 Å². The molecule has 0 aliphatic carbocycles. The molecule has 2 N–H and O–H groups in total. The molecule has 0 aliphatic heterocycles. The second-order valence-corrected chi connectivity index (χ2v) is 5.47. The molecule has 0 saturated heterocycles. The Morgan fingerprint density at radius 2 is 1.75 bits per heavy atom. The molecule has 3 aromatic rings. The second kappa shape index (κ2) is 7.10. The first-order valence-corrected chi connectivity index (χ1v) is 7.67. The van der Waals surface area contributed by atoms with Gasteiger partial charge in [0.05, 0.1) is 6.61 Å². The van der Waals surface area contributed by atoms with Gasteiger partial charge in [0, 0.05) is 11.9 Å². The Hall–Kier alpha value is -2.92. The van der Waals surface area contributed by atoms with Gasteiger partial charge in [0.1, 0.15) is 11.1 Å². The largest absolute Gasteiger partial charge is 0.422 e. The van der Waals surface area contributed by atoms with Crippen LogP contribution >= 0.6 is 0 Å². The molecule has 0 spiro atoms. The number of carbonyl (C=O) groups excluding carboxylic acids is 1. The highest BCUT2D eigenvalue weighted by Crippen LogP contribution is 2.12. The first-order chi connectivity index (χ1) is 11.7. The number of rotatable bonds is 5. The molecular weight excluding hydrogens is 306 g/mol. The molecule has 0 aliphatic rings. The Bertz CT molecular complexity index is 913. The van der Waals surface area contributed by atoms with Gasteiger partial charge >= 0.3 is 5.63 Å². The first kappa shape index (κ1) is 16.0. The fourth-order valence-electron chi connectivity index (χ4n) is 2.45. The first-order valence-electron chi connectivity index (χ1n) is 7.67. The number of aliphatic hydroxyl groups is 1. The Kier molecular flexibility index (Phi) is 4.72. The summed E-state index contributed by atoms with van der Waals surface area (Å²) in [5.74, 6) is -0.443. The summed E-state index contributed by atoms with van der Waals surface area (Å²) in [7, 11) is 0. The van der Waals surface area contributed by atoms with Crippen LogP contribution in [0, 0.1) is 0 Å². The van der Waals surface area contributed by atoms with Crippen molar-refractivity contribution >= 4 is 16.9 Å². The van der Waals surface area contributed by atoms with Crippen molar-refractivity contribution in [3.8, 4) is 0 Å². The van der Waals surface area contributed by atoms with E-state index in [1.54, 1.807) is 24.3 Å². The third-order valence-corrected chi connectivity index (χ3v) is 3.79. The lowest BCUT2D eigenvalue weighted by Crippen LogP contribution is -2.29. The summed E-state index contributed by atoms with van der Waals surface area (Å²) in [5, 5.41) is 12.5. The van der Waals surface area contributed by atoms with Gasteiger partial charge in [0.2, 0.25) is 0 Å². The molecule has 5 nitrogen and oxygen atoms in total. The molecule has 1 aromatic heterocycles. The minimum absolute atomic E-state index is 0.00401. The van der Waals surface area contributed by atoms with Crippen molar-refractivity contribution in [2.24, 2.45) is 0 Å². The zero-order chi connectivity index (χ0) is 16.9. The summed E-state index contributed by atoms with van der Waals surface area (Å²) in [6, 6.07) is 16.1. The average Bonchev–Trinajstić information content (AvgIpc) is 2.61. The quantitative estimate of drug-likeness (QED) is 0.706. The topological polar surface area (TPSA) is 79.5 Å². The van der Waals surface area contributed by atoms with E-state index in [9.17, 15) is 9.59 Å². The number of nitrogens with one attached hydrogen (secondary N) is 1. The van der Waals surface area contributed by atoms with E-state index < -0.39 is 11.5 Å². The van der Waals surface area contributed by atoms with Crippen LogP contribution in [0.1, 0.15) is 21.5 Å².